The van der Waals surface area contributed by atoms with Gasteiger partial charge in [0.1, 0.15) is 5.52 Å². The standard InChI is InChI=1S/C17H28N2O2Si/c1-9-12-16(21-22(7,8)17(2,3)4)15-13(19(12)5)10-11-14(18-15)20-6/h10-11H,9H2,1-8H3. The Balaban J connectivity index is 2.65. The van der Waals surface area contributed by atoms with Crippen molar-refractivity contribution < 1.29 is 9.16 Å². The lowest BCUT2D eigenvalue weighted by molar-refractivity contribution is 0.399. The summed E-state index contributed by atoms with van der Waals surface area (Å²) in [7, 11) is 1.80. The van der Waals surface area contributed by atoms with E-state index in [0.717, 1.165) is 23.2 Å². The molecular formula is C17H28N2O2Si. The van der Waals surface area contributed by atoms with Crippen molar-refractivity contribution in [3.8, 4) is 11.6 Å². The Morgan fingerprint density at radius 3 is 2.36 bits per heavy atom. The molecule has 4 nitrogen and oxygen atoms in total. The zero-order valence-corrected chi connectivity index (χ0v) is 16.1. The fourth-order valence-electron chi connectivity index (χ4n) is 2.33. The maximum atomic E-state index is 6.62. The van der Waals surface area contributed by atoms with Gasteiger partial charge < -0.3 is 13.7 Å². The van der Waals surface area contributed by atoms with E-state index >= 15 is 0 Å². The largest absolute Gasteiger partial charge is 0.541 e. The number of aromatic nitrogens is 2. The van der Waals surface area contributed by atoms with Crippen LogP contribution < -0.4 is 9.16 Å². The number of ether oxygens (including phenoxy) is 1. The van der Waals surface area contributed by atoms with Crippen molar-refractivity contribution in [1.82, 2.24) is 9.55 Å². The summed E-state index contributed by atoms with van der Waals surface area (Å²) in [5, 5.41) is 0.152. The van der Waals surface area contributed by atoms with Crippen LogP contribution in [0.1, 0.15) is 33.4 Å². The smallest absolute Gasteiger partial charge is 0.250 e. The molecule has 0 aliphatic rings. The van der Waals surface area contributed by atoms with Crippen LogP contribution >= 0.6 is 0 Å². The minimum absolute atomic E-state index is 0.152. The molecule has 0 spiro atoms. The van der Waals surface area contributed by atoms with Crippen LogP contribution in [0.3, 0.4) is 0 Å². The summed E-state index contributed by atoms with van der Waals surface area (Å²) in [5.41, 5.74) is 3.19. The molecule has 0 atom stereocenters. The summed E-state index contributed by atoms with van der Waals surface area (Å²) in [6, 6.07) is 3.96. The Labute approximate surface area is 134 Å². The predicted molar refractivity (Wildman–Crippen MR) is 94.5 cm³/mol. The van der Waals surface area contributed by atoms with Crippen molar-refractivity contribution in [2.24, 2.45) is 7.05 Å². The Morgan fingerprint density at radius 1 is 1.23 bits per heavy atom. The first-order valence-electron chi connectivity index (χ1n) is 7.83. The molecule has 0 N–H and O–H groups in total. The number of hydrogen-bond donors (Lipinski definition) is 0. The quantitative estimate of drug-likeness (QED) is 0.777. The van der Waals surface area contributed by atoms with Crippen LogP contribution in [0.25, 0.3) is 11.0 Å². The Hall–Kier alpha value is -1.49. The minimum atomic E-state index is -1.92. The number of pyridine rings is 1. The van der Waals surface area contributed by atoms with E-state index in [1.807, 2.05) is 6.07 Å². The third-order valence-corrected chi connectivity index (χ3v) is 9.13. The first-order chi connectivity index (χ1) is 10.1. The van der Waals surface area contributed by atoms with Crippen molar-refractivity contribution in [3.05, 3.63) is 17.8 Å². The van der Waals surface area contributed by atoms with Gasteiger partial charge in [0.05, 0.1) is 18.3 Å². The lowest BCUT2D eigenvalue weighted by Crippen LogP contribution is -2.44. The minimum Gasteiger partial charge on any atom is -0.541 e. The van der Waals surface area contributed by atoms with Gasteiger partial charge in [0.25, 0.3) is 8.32 Å². The molecule has 0 saturated heterocycles. The van der Waals surface area contributed by atoms with E-state index in [2.05, 4.69) is 63.5 Å². The van der Waals surface area contributed by atoms with Gasteiger partial charge in [0.15, 0.2) is 5.75 Å². The molecular weight excluding hydrogens is 292 g/mol. The summed E-state index contributed by atoms with van der Waals surface area (Å²) >= 11 is 0. The van der Waals surface area contributed by atoms with E-state index < -0.39 is 8.32 Å². The van der Waals surface area contributed by atoms with Crippen molar-refractivity contribution in [2.45, 2.75) is 52.2 Å². The Kier molecular flexibility index (Phi) is 4.30. The van der Waals surface area contributed by atoms with Gasteiger partial charge in [-0.2, -0.15) is 0 Å². The second-order valence-electron chi connectivity index (χ2n) is 7.27. The predicted octanol–water partition coefficient (Wildman–Crippen LogP) is 4.53. The average molecular weight is 321 g/mol. The van der Waals surface area contributed by atoms with E-state index in [1.165, 1.54) is 5.69 Å². The summed E-state index contributed by atoms with van der Waals surface area (Å²) in [5.74, 6) is 1.56. The van der Waals surface area contributed by atoms with Crippen molar-refractivity contribution in [2.75, 3.05) is 7.11 Å². The Bertz CT molecular complexity index is 684. The van der Waals surface area contributed by atoms with Gasteiger partial charge in [-0.3, -0.25) is 0 Å². The van der Waals surface area contributed by atoms with E-state index in [0.29, 0.717) is 5.88 Å². The summed E-state index contributed by atoms with van der Waals surface area (Å²) < 4.78 is 14.1. The maximum Gasteiger partial charge on any atom is 0.250 e. The summed E-state index contributed by atoms with van der Waals surface area (Å²) in [6.07, 6.45) is 0.916. The third kappa shape index (κ3) is 2.74. The van der Waals surface area contributed by atoms with Gasteiger partial charge in [-0.1, -0.05) is 27.7 Å². The highest BCUT2D eigenvalue weighted by molar-refractivity contribution is 6.74. The fraction of sp³-hybridized carbons (Fsp3) is 0.588. The molecule has 0 aliphatic heterocycles. The van der Waals surface area contributed by atoms with Crippen LogP contribution in [0, 0.1) is 0 Å². The number of methoxy groups -OCH3 is 1. The second kappa shape index (κ2) is 5.61. The third-order valence-electron chi connectivity index (χ3n) is 4.80. The van der Waals surface area contributed by atoms with Crippen molar-refractivity contribution in [3.63, 3.8) is 0 Å². The maximum absolute atomic E-state index is 6.62. The molecule has 22 heavy (non-hydrogen) atoms. The lowest BCUT2D eigenvalue weighted by Gasteiger charge is -2.36. The van der Waals surface area contributed by atoms with Crippen LogP contribution in [-0.2, 0) is 13.5 Å². The summed E-state index contributed by atoms with van der Waals surface area (Å²) in [4.78, 5) is 4.64. The molecule has 0 bridgehead atoms. The van der Waals surface area contributed by atoms with Gasteiger partial charge >= 0.3 is 0 Å². The zero-order valence-electron chi connectivity index (χ0n) is 15.1. The number of rotatable bonds is 4. The number of aryl methyl sites for hydroxylation is 1. The van der Waals surface area contributed by atoms with Crippen molar-refractivity contribution >= 4 is 19.4 Å². The van der Waals surface area contributed by atoms with Gasteiger partial charge in [0.2, 0.25) is 5.88 Å². The zero-order chi connectivity index (χ0) is 16.7. The molecule has 0 unspecified atom stereocenters. The van der Waals surface area contributed by atoms with Gasteiger partial charge in [-0.25, -0.2) is 4.98 Å². The highest BCUT2D eigenvalue weighted by Gasteiger charge is 2.40. The molecule has 2 aromatic rings. The van der Waals surface area contributed by atoms with Crippen LogP contribution in [0.2, 0.25) is 18.1 Å². The molecule has 0 radical (unpaired) electrons. The lowest BCUT2D eigenvalue weighted by atomic mass is 10.2. The molecule has 2 aromatic heterocycles. The van der Waals surface area contributed by atoms with Crippen LogP contribution in [0.4, 0.5) is 0 Å². The molecule has 122 valence electrons. The molecule has 2 heterocycles. The molecule has 0 fully saturated rings. The topological polar surface area (TPSA) is 36.3 Å². The molecule has 0 saturated carbocycles. The van der Waals surface area contributed by atoms with Crippen molar-refractivity contribution in [1.29, 1.82) is 0 Å². The second-order valence-corrected chi connectivity index (χ2v) is 12.0. The van der Waals surface area contributed by atoms with Crippen LogP contribution in [0.5, 0.6) is 11.6 Å². The first-order valence-corrected chi connectivity index (χ1v) is 10.7. The van der Waals surface area contributed by atoms with E-state index in [9.17, 15) is 0 Å². The molecule has 0 aromatic carbocycles. The fourth-order valence-corrected chi connectivity index (χ4v) is 3.36. The summed E-state index contributed by atoms with van der Waals surface area (Å²) in [6.45, 7) is 13.5. The van der Waals surface area contributed by atoms with E-state index in [1.54, 1.807) is 7.11 Å². The first kappa shape index (κ1) is 16.9. The van der Waals surface area contributed by atoms with Crippen LogP contribution in [-0.4, -0.2) is 25.0 Å². The SMILES string of the molecule is CCc1c(O[Si](C)(C)C(C)(C)C)c2nc(OC)ccc2n1C. The molecule has 0 amide bonds. The normalized spacial score (nSPS) is 12.7. The number of hydrogen-bond acceptors (Lipinski definition) is 3. The Morgan fingerprint density at radius 2 is 1.86 bits per heavy atom. The number of fused-ring (bicyclic) bond motifs is 1. The molecule has 0 aliphatic carbocycles. The van der Waals surface area contributed by atoms with Gasteiger partial charge in [-0.15, -0.1) is 0 Å². The van der Waals surface area contributed by atoms with Gasteiger partial charge in [-0.05, 0) is 30.6 Å². The average Bonchev–Trinajstić information content (AvgIpc) is 2.69. The highest BCUT2D eigenvalue weighted by Crippen LogP contribution is 2.41. The molecule has 2 rings (SSSR count). The highest BCUT2D eigenvalue weighted by atomic mass is 28.4. The van der Waals surface area contributed by atoms with Crippen LogP contribution in [0.15, 0.2) is 12.1 Å². The number of nitrogens with zero attached hydrogens (tertiary/aromatic N) is 2. The van der Waals surface area contributed by atoms with E-state index in [-0.39, 0.29) is 5.04 Å². The monoisotopic (exact) mass is 320 g/mol. The van der Waals surface area contributed by atoms with E-state index in [4.69, 9.17) is 9.16 Å². The molecule has 5 heteroatoms. The van der Waals surface area contributed by atoms with Gasteiger partial charge in [0, 0.05) is 13.1 Å².